The maximum Gasteiger partial charge on any atom is 0.306 e. The Labute approximate surface area is 95.5 Å². The van der Waals surface area contributed by atoms with Crippen molar-refractivity contribution in [3.8, 4) is 0 Å². The summed E-state index contributed by atoms with van der Waals surface area (Å²) >= 11 is 3.38. The molecular formula is C11H21BrO2. The second-order valence-electron chi connectivity index (χ2n) is 3.56. The zero-order valence-electron chi connectivity index (χ0n) is 9.22. The molecule has 0 spiro atoms. The lowest BCUT2D eigenvalue weighted by atomic mass is 10.1. The van der Waals surface area contributed by atoms with Crippen LogP contribution in [0.5, 0.6) is 0 Å². The summed E-state index contributed by atoms with van der Waals surface area (Å²) < 4.78 is 5.16. The lowest BCUT2D eigenvalue weighted by molar-refractivity contribution is -0.148. The third-order valence-corrected chi connectivity index (χ3v) is 2.73. The molecule has 14 heavy (non-hydrogen) atoms. The van der Waals surface area contributed by atoms with Crippen molar-refractivity contribution in [2.24, 2.45) is 0 Å². The van der Waals surface area contributed by atoms with Gasteiger partial charge in [0.25, 0.3) is 0 Å². The molecule has 0 rings (SSSR count). The van der Waals surface area contributed by atoms with Crippen LogP contribution in [0.25, 0.3) is 0 Å². The molecule has 0 bridgehead atoms. The van der Waals surface area contributed by atoms with Crippen molar-refractivity contribution < 1.29 is 9.53 Å². The predicted molar refractivity (Wildman–Crippen MR) is 62.7 cm³/mol. The van der Waals surface area contributed by atoms with Crippen molar-refractivity contribution in [2.75, 3.05) is 5.33 Å². The zero-order valence-corrected chi connectivity index (χ0v) is 10.8. The van der Waals surface area contributed by atoms with Gasteiger partial charge in [-0.1, -0.05) is 35.7 Å². The van der Waals surface area contributed by atoms with E-state index in [-0.39, 0.29) is 12.1 Å². The van der Waals surface area contributed by atoms with Crippen molar-refractivity contribution in [3.05, 3.63) is 0 Å². The number of unbranched alkanes of at least 4 members (excludes halogenated alkanes) is 3. The largest absolute Gasteiger partial charge is 0.463 e. The Balaban J connectivity index is 3.27. The number of alkyl halides is 1. The van der Waals surface area contributed by atoms with Gasteiger partial charge in [-0.3, -0.25) is 4.79 Å². The molecular weight excluding hydrogens is 244 g/mol. The minimum atomic E-state index is -0.0433. The Hall–Kier alpha value is -0.0500. The Morgan fingerprint density at radius 1 is 1.29 bits per heavy atom. The highest BCUT2D eigenvalue weighted by molar-refractivity contribution is 9.09. The minimum Gasteiger partial charge on any atom is -0.463 e. The molecule has 0 amide bonds. The van der Waals surface area contributed by atoms with Crippen molar-refractivity contribution in [2.45, 2.75) is 58.5 Å². The number of hydrogen-bond donors (Lipinski definition) is 0. The van der Waals surface area contributed by atoms with Crippen molar-refractivity contribution in [3.63, 3.8) is 0 Å². The Kier molecular flexibility index (Phi) is 9.47. The maximum atomic E-state index is 11.2. The van der Waals surface area contributed by atoms with Crippen LogP contribution in [0.4, 0.5) is 0 Å². The average molecular weight is 265 g/mol. The molecule has 0 heterocycles. The number of esters is 1. The summed E-state index contributed by atoms with van der Waals surface area (Å²) in [5, 5.41) is 1.06. The lowest BCUT2D eigenvalue weighted by Gasteiger charge is -2.10. The summed E-state index contributed by atoms with van der Waals surface area (Å²) in [5.74, 6) is -0.0433. The number of carbonyl (C=O) groups is 1. The van der Waals surface area contributed by atoms with Crippen molar-refractivity contribution >= 4 is 21.9 Å². The summed E-state index contributed by atoms with van der Waals surface area (Å²) in [6, 6.07) is 0. The SMILES string of the molecule is CCC(C)OC(=O)CCCCCCBr. The van der Waals surface area contributed by atoms with Crippen molar-refractivity contribution in [1.82, 2.24) is 0 Å². The van der Waals surface area contributed by atoms with Crippen LogP contribution >= 0.6 is 15.9 Å². The van der Waals surface area contributed by atoms with Gasteiger partial charge in [-0.2, -0.15) is 0 Å². The molecule has 0 fully saturated rings. The van der Waals surface area contributed by atoms with Crippen LogP contribution in [0.15, 0.2) is 0 Å². The number of rotatable bonds is 8. The van der Waals surface area contributed by atoms with Crippen LogP contribution in [-0.2, 0) is 9.53 Å². The fraction of sp³-hybridized carbons (Fsp3) is 0.909. The van der Waals surface area contributed by atoms with Crippen molar-refractivity contribution in [1.29, 1.82) is 0 Å². The van der Waals surface area contributed by atoms with Gasteiger partial charge in [-0.25, -0.2) is 0 Å². The van der Waals surface area contributed by atoms with E-state index in [1.54, 1.807) is 0 Å². The highest BCUT2D eigenvalue weighted by atomic mass is 79.9. The van der Waals surface area contributed by atoms with E-state index < -0.39 is 0 Å². The molecule has 0 aliphatic carbocycles. The van der Waals surface area contributed by atoms with E-state index in [2.05, 4.69) is 15.9 Å². The smallest absolute Gasteiger partial charge is 0.306 e. The topological polar surface area (TPSA) is 26.3 Å². The Bertz CT molecular complexity index is 148. The molecule has 3 heteroatoms. The van der Waals surface area contributed by atoms with E-state index in [1.807, 2.05) is 13.8 Å². The summed E-state index contributed by atoms with van der Waals surface area (Å²) in [6.45, 7) is 3.96. The fourth-order valence-corrected chi connectivity index (χ4v) is 1.48. The highest BCUT2D eigenvalue weighted by Crippen LogP contribution is 2.07. The number of ether oxygens (including phenoxy) is 1. The van der Waals surface area contributed by atoms with Crippen LogP contribution in [0.2, 0.25) is 0 Å². The summed E-state index contributed by atoms with van der Waals surface area (Å²) in [7, 11) is 0. The molecule has 0 aliphatic heterocycles. The first kappa shape index (κ1) is 13.9. The zero-order chi connectivity index (χ0) is 10.8. The normalized spacial score (nSPS) is 12.5. The molecule has 0 radical (unpaired) electrons. The molecule has 0 aromatic rings. The molecule has 84 valence electrons. The molecule has 0 N–H and O–H groups in total. The Morgan fingerprint density at radius 2 is 1.93 bits per heavy atom. The van der Waals surface area contributed by atoms with Gasteiger partial charge in [-0.05, 0) is 26.2 Å². The van der Waals surface area contributed by atoms with Crippen LogP contribution in [0.1, 0.15) is 52.4 Å². The molecule has 1 unspecified atom stereocenters. The van der Waals surface area contributed by atoms with Gasteiger partial charge < -0.3 is 4.74 Å². The van der Waals surface area contributed by atoms with Gasteiger partial charge in [0.1, 0.15) is 0 Å². The first-order valence-electron chi connectivity index (χ1n) is 5.46. The van der Waals surface area contributed by atoms with E-state index in [9.17, 15) is 4.79 Å². The first-order chi connectivity index (χ1) is 6.70. The lowest BCUT2D eigenvalue weighted by Crippen LogP contribution is -2.13. The first-order valence-corrected chi connectivity index (χ1v) is 6.58. The third-order valence-electron chi connectivity index (χ3n) is 2.17. The molecule has 0 saturated heterocycles. The van der Waals surface area contributed by atoms with Gasteiger partial charge in [0.2, 0.25) is 0 Å². The molecule has 1 atom stereocenters. The summed E-state index contributed by atoms with van der Waals surface area (Å²) in [6.07, 6.45) is 6.03. The molecule has 0 aliphatic rings. The molecule has 0 saturated carbocycles. The van der Waals surface area contributed by atoms with Gasteiger partial charge in [-0.15, -0.1) is 0 Å². The summed E-state index contributed by atoms with van der Waals surface area (Å²) in [5.41, 5.74) is 0. The van der Waals surface area contributed by atoms with E-state index in [1.165, 1.54) is 12.8 Å². The standard InChI is InChI=1S/C11H21BrO2/c1-3-10(2)14-11(13)8-6-4-5-7-9-12/h10H,3-9H2,1-2H3. The molecule has 0 aromatic carbocycles. The second kappa shape index (κ2) is 9.50. The fourth-order valence-electron chi connectivity index (χ4n) is 1.08. The van der Waals surface area contributed by atoms with Crippen LogP contribution in [0, 0.1) is 0 Å². The summed E-state index contributed by atoms with van der Waals surface area (Å²) in [4.78, 5) is 11.2. The minimum absolute atomic E-state index is 0.0433. The second-order valence-corrected chi connectivity index (χ2v) is 4.35. The van der Waals surface area contributed by atoms with E-state index in [0.29, 0.717) is 6.42 Å². The quantitative estimate of drug-likeness (QED) is 0.380. The monoisotopic (exact) mass is 264 g/mol. The van der Waals surface area contributed by atoms with Crippen LogP contribution in [0.3, 0.4) is 0 Å². The highest BCUT2D eigenvalue weighted by Gasteiger charge is 2.06. The van der Waals surface area contributed by atoms with Gasteiger partial charge in [0.05, 0.1) is 6.10 Å². The van der Waals surface area contributed by atoms with Gasteiger partial charge in [0.15, 0.2) is 0 Å². The number of carbonyl (C=O) groups excluding carboxylic acids is 1. The maximum absolute atomic E-state index is 11.2. The molecule has 2 nitrogen and oxygen atoms in total. The van der Waals surface area contributed by atoms with E-state index in [4.69, 9.17) is 4.74 Å². The van der Waals surface area contributed by atoms with Crippen LogP contribution in [-0.4, -0.2) is 17.4 Å². The van der Waals surface area contributed by atoms with E-state index in [0.717, 1.165) is 24.6 Å². The number of halogens is 1. The van der Waals surface area contributed by atoms with Gasteiger partial charge in [0, 0.05) is 11.8 Å². The third kappa shape index (κ3) is 8.54. The van der Waals surface area contributed by atoms with Crippen LogP contribution < -0.4 is 0 Å². The average Bonchev–Trinajstić information content (AvgIpc) is 2.17. The Morgan fingerprint density at radius 3 is 2.50 bits per heavy atom. The number of hydrogen-bond acceptors (Lipinski definition) is 2. The van der Waals surface area contributed by atoms with E-state index >= 15 is 0 Å². The molecule has 0 aromatic heterocycles. The predicted octanol–water partition coefficient (Wildman–Crippen LogP) is 3.67. The van der Waals surface area contributed by atoms with Gasteiger partial charge >= 0.3 is 5.97 Å².